The summed E-state index contributed by atoms with van der Waals surface area (Å²) in [7, 11) is 0. The smallest absolute Gasteiger partial charge is 0.175 e. The Labute approximate surface area is 132 Å². The van der Waals surface area contributed by atoms with Gasteiger partial charge in [-0.25, -0.2) is 4.68 Å². The Bertz CT molecular complexity index is 945. The minimum Gasteiger partial charge on any atom is -0.273 e. The van der Waals surface area contributed by atoms with E-state index < -0.39 is 0 Å². The van der Waals surface area contributed by atoms with Crippen LogP contribution in [0.4, 0.5) is 5.82 Å². The van der Waals surface area contributed by atoms with Gasteiger partial charge in [-0.05, 0) is 6.92 Å². The number of aryl methyl sites for hydroxylation is 1. The summed E-state index contributed by atoms with van der Waals surface area (Å²) in [6.07, 6.45) is 3.15. The molecule has 2 heterocycles. The van der Waals surface area contributed by atoms with E-state index in [2.05, 4.69) is 63.1 Å². The third-order valence-electron chi connectivity index (χ3n) is 3.67. The lowest BCUT2D eigenvalue weighted by Crippen LogP contribution is -2.09. The van der Waals surface area contributed by atoms with Crippen molar-refractivity contribution in [1.82, 2.24) is 25.1 Å². The van der Waals surface area contributed by atoms with Crippen molar-refractivity contribution < 1.29 is 0 Å². The number of benzene rings is 2. The predicted octanol–water partition coefficient (Wildman–Crippen LogP) is 3.07. The van der Waals surface area contributed by atoms with Crippen LogP contribution in [0.15, 0.2) is 61.2 Å². The molecule has 112 valence electrons. The van der Waals surface area contributed by atoms with Crippen molar-refractivity contribution in [2.24, 2.45) is 0 Å². The molecule has 0 aliphatic rings. The van der Waals surface area contributed by atoms with Crippen LogP contribution in [0, 0.1) is 6.92 Å². The minimum atomic E-state index is 0.663. The number of fused-ring (bicyclic) bond motifs is 1. The van der Waals surface area contributed by atoms with Crippen LogP contribution in [-0.2, 0) is 0 Å². The lowest BCUT2D eigenvalue weighted by atomic mass is 10.0. The zero-order valence-corrected chi connectivity index (χ0v) is 12.5. The molecule has 0 aliphatic carbocycles. The van der Waals surface area contributed by atoms with Gasteiger partial charge in [0.25, 0.3) is 0 Å². The number of aromatic nitrogens is 5. The van der Waals surface area contributed by atoms with Gasteiger partial charge in [0, 0.05) is 16.3 Å². The number of anilines is 1. The predicted molar refractivity (Wildman–Crippen MR) is 88.8 cm³/mol. The Kier molecular flexibility index (Phi) is 3.20. The highest BCUT2D eigenvalue weighted by Crippen LogP contribution is 2.29. The van der Waals surface area contributed by atoms with Gasteiger partial charge in [0.1, 0.15) is 18.3 Å². The largest absolute Gasteiger partial charge is 0.273 e. The average Bonchev–Trinajstić information content (AvgIpc) is 3.09. The molecule has 0 bridgehead atoms. The molecule has 0 aliphatic heterocycles. The van der Waals surface area contributed by atoms with Crippen LogP contribution in [0.2, 0.25) is 0 Å². The maximum Gasteiger partial charge on any atom is 0.175 e. The molecular formula is C17H14N6. The average molecular weight is 302 g/mol. The molecule has 0 saturated heterocycles. The highest BCUT2D eigenvalue weighted by Gasteiger charge is 2.10. The normalized spacial score (nSPS) is 10.8. The Hall–Kier alpha value is -3.28. The Balaban J connectivity index is 1.86. The van der Waals surface area contributed by atoms with Crippen molar-refractivity contribution in [3.63, 3.8) is 0 Å². The van der Waals surface area contributed by atoms with Gasteiger partial charge < -0.3 is 0 Å². The van der Waals surface area contributed by atoms with E-state index in [1.807, 2.05) is 18.2 Å². The maximum absolute atomic E-state index is 4.42. The molecule has 6 heteroatoms. The topological polar surface area (TPSA) is 68.5 Å². The Morgan fingerprint density at radius 3 is 2.26 bits per heavy atom. The Morgan fingerprint density at radius 2 is 1.52 bits per heavy atom. The van der Waals surface area contributed by atoms with Gasteiger partial charge in [-0.3, -0.25) is 5.43 Å². The van der Waals surface area contributed by atoms with Crippen molar-refractivity contribution in [3.05, 3.63) is 66.7 Å². The lowest BCUT2D eigenvalue weighted by molar-refractivity contribution is 0.917. The van der Waals surface area contributed by atoms with E-state index in [-0.39, 0.29) is 0 Å². The third kappa shape index (κ3) is 2.50. The first-order chi connectivity index (χ1) is 11.3. The van der Waals surface area contributed by atoms with E-state index in [4.69, 9.17) is 0 Å². The lowest BCUT2D eigenvalue weighted by Gasteiger charge is -2.11. The fourth-order valence-electron chi connectivity index (χ4n) is 2.49. The quantitative estimate of drug-likeness (QED) is 0.630. The second-order valence-electron chi connectivity index (χ2n) is 5.29. The van der Waals surface area contributed by atoms with Crippen molar-refractivity contribution in [1.29, 1.82) is 0 Å². The highest BCUT2D eigenvalue weighted by molar-refractivity contribution is 5.99. The van der Waals surface area contributed by atoms with E-state index in [0.717, 1.165) is 22.0 Å². The summed E-state index contributed by atoms with van der Waals surface area (Å²) < 4.78 is 1.64. The molecule has 0 spiro atoms. The molecule has 0 saturated carbocycles. The van der Waals surface area contributed by atoms with Gasteiger partial charge in [0.15, 0.2) is 5.82 Å². The summed E-state index contributed by atoms with van der Waals surface area (Å²) in [6.45, 7) is 2.07. The van der Waals surface area contributed by atoms with Gasteiger partial charge in [0.05, 0.1) is 0 Å². The van der Waals surface area contributed by atoms with Crippen LogP contribution >= 0.6 is 0 Å². The molecule has 23 heavy (non-hydrogen) atoms. The molecule has 0 radical (unpaired) electrons. The first kappa shape index (κ1) is 13.4. The number of hydrogen-bond donors (Lipinski definition) is 1. The molecule has 2 aromatic carbocycles. The van der Waals surface area contributed by atoms with Gasteiger partial charge in [-0.2, -0.15) is 0 Å². The molecule has 0 atom stereocenters. The molecule has 4 rings (SSSR count). The molecular weight excluding hydrogens is 288 g/mol. The number of hydrogen-bond acceptors (Lipinski definition) is 5. The van der Waals surface area contributed by atoms with Crippen LogP contribution in [0.25, 0.3) is 22.0 Å². The van der Waals surface area contributed by atoms with Gasteiger partial charge in [-0.15, -0.1) is 20.4 Å². The molecule has 4 aromatic rings. The zero-order chi connectivity index (χ0) is 15.6. The summed E-state index contributed by atoms with van der Waals surface area (Å²) >= 11 is 0. The van der Waals surface area contributed by atoms with Gasteiger partial charge in [-0.1, -0.05) is 54.1 Å². The molecule has 0 unspecified atom stereocenters. The van der Waals surface area contributed by atoms with Crippen molar-refractivity contribution in [2.75, 3.05) is 5.43 Å². The summed E-state index contributed by atoms with van der Waals surface area (Å²) in [4.78, 5) is 0. The maximum atomic E-state index is 4.42. The van der Waals surface area contributed by atoms with E-state index in [1.54, 1.807) is 17.3 Å². The highest BCUT2D eigenvalue weighted by atomic mass is 15.5. The van der Waals surface area contributed by atoms with Crippen molar-refractivity contribution in [2.45, 2.75) is 6.92 Å². The molecule has 0 fully saturated rings. The van der Waals surface area contributed by atoms with Crippen LogP contribution in [-0.4, -0.2) is 25.1 Å². The van der Waals surface area contributed by atoms with Crippen molar-refractivity contribution >= 4 is 16.6 Å². The zero-order valence-electron chi connectivity index (χ0n) is 12.5. The van der Waals surface area contributed by atoms with E-state index in [1.165, 1.54) is 5.56 Å². The van der Waals surface area contributed by atoms with Gasteiger partial charge >= 0.3 is 0 Å². The third-order valence-corrected chi connectivity index (χ3v) is 3.67. The van der Waals surface area contributed by atoms with Crippen LogP contribution in [0.3, 0.4) is 0 Å². The van der Waals surface area contributed by atoms with Crippen LogP contribution in [0.1, 0.15) is 5.56 Å². The second-order valence-corrected chi connectivity index (χ2v) is 5.29. The van der Waals surface area contributed by atoms with Crippen LogP contribution < -0.4 is 5.43 Å². The fourth-order valence-corrected chi connectivity index (χ4v) is 2.49. The molecule has 1 N–H and O–H groups in total. The SMILES string of the molecule is Cc1ccc(-c2nnc(Nn3cnnc3)c3ccccc23)cc1. The van der Waals surface area contributed by atoms with Crippen LogP contribution in [0.5, 0.6) is 0 Å². The fraction of sp³-hybridized carbons (Fsp3) is 0.0588. The summed E-state index contributed by atoms with van der Waals surface area (Å²) in [5, 5.41) is 18.3. The van der Waals surface area contributed by atoms with Crippen molar-refractivity contribution in [3.8, 4) is 11.3 Å². The first-order valence-corrected chi connectivity index (χ1v) is 7.25. The number of nitrogens with zero attached hydrogens (tertiary/aromatic N) is 5. The van der Waals surface area contributed by atoms with E-state index in [0.29, 0.717) is 5.82 Å². The summed E-state index contributed by atoms with van der Waals surface area (Å²) in [5.41, 5.74) is 6.27. The van der Waals surface area contributed by atoms with E-state index >= 15 is 0 Å². The molecule has 0 amide bonds. The van der Waals surface area contributed by atoms with Gasteiger partial charge in [0.2, 0.25) is 0 Å². The first-order valence-electron chi connectivity index (χ1n) is 7.25. The second kappa shape index (κ2) is 5.49. The number of rotatable bonds is 3. The molecule has 6 nitrogen and oxygen atoms in total. The minimum absolute atomic E-state index is 0.663. The van der Waals surface area contributed by atoms with E-state index in [9.17, 15) is 0 Å². The summed E-state index contributed by atoms with van der Waals surface area (Å²) in [6, 6.07) is 16.4. The number of nitrogens with one attached hydrogen (secondary N) is 1. The Morgan fingerprint density at radius 1 is 0.826 bits per heavy atom. The standard InChI is InChI=1S/C17H14N6/c1-12-6-8-13(9-7-12)16-14-4-2-3-5-15(14)17(21-20-16)22-23-10-18-19-11-23/h2-11H,1H3,(H,21,22). The summed E-state index contributed by atoms with van der Waals surface area (Å²) in [5.74, 6) is 0.663. The monoisotopic (exact) mass is 302 g/mol. The molecule has 2 aromatic heterocycles.